The molecule has 0 saturated carbocycles. The molecular formula is C15H17FO3. The monoisotopic (exact) mass is 264 g/mol. The second kappa shape index (κ2) is 4.93. The van der Waals surface area contributed by atoms with E-state index in [9.17, 15) is 9.18 Å². The fourth-order valence-electron chi connectivity index (χ4n) is 3.37. The minimum atomic E-state index is -0.269. The van der Waals surface area contributed by atoms with Gasteiger partial charge in [0.1, 0.15) is 5.82 Å². The number of esters is 1. The van der Waals surface area contributed by atoms with E-state index < -0.39 is 0 Å². The predicted molar refractivity (Wildman–Crippen MR) is 67.2 cm³/mol. The first-order chi connectivity index (χ1) is 9.19. The summed E-state index contributed by atoms with van der Waals surface area (Å²) in [5.74, 6) is -0.679. The highest BCUT2D eigenvalue weighted by atomic mass is 19.1. The average molecular weight is 264 g/mol. The topological polar surface area (TPSA) is 35.5 Å². The van der Waals surface area contributed by atoms with E-state index in [1.165, 1.54) is 19.2 Å². The molecule has 0 amide bonds. The van der Waals surface area contributed by atoms with E-state index in [2.05, 4.69) is 0 Å². The molecule has 0 aliphatic carbocycles. The van der Waals surface area contributed by atoms with Gasteiger partial charge in [-0.1, -0.05) is 12.1 Å². The van der Waals surface area contributed by atoms with Crippen LogP contribution in [0, 0.1) is 11.7 Å². The van der Waals surface area contributed by atoms with E-state index in [0.717, 1.165) is 24.8 Å². The van der Waals surface area contributed by atoms with Crippen LogP contribution in [-0.2, 0) is 14.3 Å². The average Bonchev–Trinajstić information content (AvgIpc) is 2.80. The smallest absolute Gasteiger partial charge is 0.311 e. The maximum atomic E-state index is 13.0. The predicted octanol–water partition coefficient (Wildman–Crippen LogP) is 2.65. The summed E-state index contributed by atoms with van der Waals surface area (Å²) in [5.41, 5.74) is 0.997. The van der Waals surface area contributed by atoms with Crippen molar-refractivity contribution >= 4 is 5.97 Å². The zero-order valence-electron chi connectivity index (χ0n) is 10.8. The van der Waals surface area contributed by atoms with Crippen LogP contribution >= 0.6 is 0 Å². The van der Waals surface area contributed by atoms with E-state index in [-0.39, 0.29) is 35.8 Å². The van der Waals surface area contributed by atoms with Crippen LogP contribution in [0.15, 0.2) is 24.3 Å². The van der Waals surface area contributed by atoms with Gasteiger partial charge >= 0.3 is 5.97 Å². The van der Waals surface area contributed by atoms with Gasteiger partial charge in [-0.3, -0.25) is 4.79 Å². The highest BCUT2D eigenvalue weighted by Crippen LogP contribution is 2.45. The summed E-state index contributed by atoms with van der Waals surface area (Å²) in [4.78, 5) is 12.0. The number of fused-ring (bicyclic) bond motifs is 2. The van der Waals surface area contributed by atoms with Gasteiger partial charge in [0.25, 0.3) is 0 Å². The Morgan fingerprint density at radius 3 is 2.74 bits per heavy atom. The normalized spacial score (nSPS) is 33.2. The van der Waals surface area contributed by atoms with Crippen molar-refractivity contribution in [3.63, 3.8) is 0 Å². The molecule has 2 fully saturated rings. The van der Waals surface area contributed by atoms with Crippen LogP contribution in [0.5, 0.6) is 0 Å². The second-order valence-corrected chi connectivity index (χ2v) is 5.32. The van der Waals surface area contributed by atoms with Crippen LogP contribution in [0.2, 0.25) is 0 Å². The molecule has 3 nitrogen and oxygen atoms in total. The molecule has 0 spiro atoms. The molecule has 102 valence electrons. The largest absolute Gasteiger partial charge is 0.469 e. The minimum Gasteiger partial charge on any atom is -0.469 e. The van der Waals surface area contributed by atoms with Crippen molar-refractivity contribution in [2.75, 3.05) is 7.11 Å². The van der Waals surface area contributed by atoms with Crippen LogP contribution in [0.3, 0.4) is 0 Å². The van der Waals surface area contributed by atoms with Gasteiger partial charge in [0.05, 0.1) is 25.2 Å². The molecule has 3 rings (SSSR count). The first kappa shape index (κ1) is 12.6. The molecule has 19 heavy (non-hydrogen) atoms. The van der Waals surface area contributed by atoms with Gasteiger partial charge in [0.2, 0.25) is 0 Å². The van der Waals surface area contributed by atoms with Crippen molar-refractivity contribution in [1.29, 1.82) is 0 Å². The number of hydrogen-bond donors (Lipinski definition) is 0. The first-order valence-corrected chi connectivity index (χ1v) is 6.68. The number of methoxy groups -OCH3 is 1. The molecule has 2 heterocycles. The SMILES string of the molecule is COC(=O)[C@@H]1[C@H]2CC[C@@H](C[C@H]1c1ccc(F)cc1)O2. The summed E-state index contributed by atoms with van der Waals surface area (Å²) in [5, 5.41) is 0. The lowest BCUT2D eigenvalue weighted by molar-refractivity contribution is -0.156. The van der Waals surface area contributed by atoms with Crippen molar-refractivity contribution in [3.05, 3.63) is 35.6 Å². The number of rotatable bonds is 2. The fraction of sp³-hybridized carbons (Fsp3) is 0.533. The van der Waals surface area contributed by atoms with Gasteiger partial charge < -0.3 is 9.47 Å². The van der Waals surface area contributed by atoms with E-state index in [0.29, 0.717) is 0 Å². The third kappa shape index (κ3) is 2.25. The Morgan fingerprint density at radius 1 is 1.32 bits per heavy atom. The van der Waals surface area contributed by atoms with Crippen LogP contribution in [0.1, 0.15) is 30.7 Å². The van der Waals surface area contributed by atoms with Gasteiger partial charge in [-0.25, -0.2) is 4.39 Å². The molecule has 4 atom stereocenters. The van der Waals surface area contributed by atoms with Crippen molar-refractivity contribution < 1.29 is 18.7 Å². The molecule has 0 N–H and O–H groups in total. The summed E-state index contributed by atoms with van der Waals surface area (Å²) in [7, 11) is 1.41. The van der Waals surface area contributed by atoms with Crippen molar-refractivity contribution in [2.24, 2.45) is 5.92 Å². The summed E-state index contributed by atoms with van der Waals surface area (Å²) in [6.07, 6.45) is 2.88. The summed E-state index contributed by atoms with van der Waals surface area (Å²) < 4.78 is 23.8. The zero-order chi connectivity index (χ0) is 13.4. The van der Waals surface area contributed by atoms with Crippen LogP contribution in [-0.4, -0.2) is 25.3 Å². The van der Waals surface area contributed by atoms with E-state index in [1.54, 1.807) is 12.1 Å². The molecule has 2 saturated heterocycles. The molecule has 2 bridgehead atoms. The zero-order valence-corrected chi connectivity index (χ0v) is 10.8. The Balaban J connectivity index is 1.92. The Bertz CT molecular complexity index is 471. The van der Waals surface area contributed by atoms with E-state index >= 15 is 0 Å². The molecule has 1 aromatic rings. The highest BCUT2D eigenvalue weighted by molar-refractivity contribution is 5.74. The lowest BCUT2D eigenvalue weighted by atomic mass is 9.79. The molecule has 2 aliphatic rings. The maximum Gasteiger partial charge on any atom is 0.311 e. The van der Waals surface area contributed by atoms with Gasteiger partial charge in [-0.05, 0) is 37.0 Å². The highest BCUT2D eigenvalue weighted by Gasteiger charge is 2.47. The van der Waals surface area contributed by atoms with Gasteiger partial charge in [-0.2, -0.15) is 0 Å². The Labute approximate surface area is 111 Å². The second-order valence-electron chi connectivity index (χ2n) is 5.32. The van der Waals surface area contributed by atoms with Crippen LogP contribution in [0.4, 0.5) is 4.39 Å². The number of benzene rings is 1. The molecule has 0 unspecified atom stereocenters. The quantitative estimate of drug-likeness (QED) is 0.770. The summed E-state index contributed by atoms with van der Waals surface area (Å²) in [6, 6.07) is 6.42. The lowest BCUT2D eigenvalue weighted by Crippen LogP contribution is -2.39. The van der Waals surface area contributed by atoms with E-state index in [4.69, 9.17) is 9.47 Å². The number of ether oxygens (including phenoxy) is 2. The molecule has 1 aromatic carbocycles. The summed E-state index contributed by atoms with van der Waals surface area (Å²) in [6.45, 7) is 0. The third-order valence-electron chi connectivity index (χ3n) is 4.26. The Morgan fingerprint density at radius 2 is 2.05 bits per heavy atom. The van der Waals surface area contributed by atoms with Gasteiger partial charge in [0, 0.05) is 5.92 Å². The van der Waals surface area contributed by atoms with Crippen LogP contribution in [0.25, 0.3) is 0 Å². The minimum absolute atomic E-state index is 0.0544. The standard InChI is InChI=1S/C15H17FO3/c1-18-15(17)14-12(8-11-6-7-13(14)19-11)9-2-4-10(16)5-3-9/h2-5,11-14H,6-8H2,1H3/t11-,12-,13+,14-/m0/s1. The lowest BCUT2D eigenvalue weighted by Gasteiger charge is -2.35. The molecular weight excluding hydrogens is 247 g/mol. The van der Waals surface area contributed by atoms with Gasteiger partial charge in [0.15, 0.2) is 0 Å². The number of hydrogen-bond acceptors (Lipinski definition) is 3. The van der Waals surface area contributed by atoms with Gasteiger partial charge in [-0.15, -0.1) is 0 Å². The number of carbonyl (C=O) groups excluding carboxylic acids is 1. The molecule has 2 aliphatic heterocycles. The molecule has 0 radical (unpaired) electrons. The maximum absolute atomic E-state index is 13.0. The Hall–Kier alpha value is -1.42. The number of halogens is 1. The Kier molecular flexibility index (Phi) is 3.27. The van der Waals surface area contributed by atoms with E-state index in [1.807, 2.05) is 0 Å². The van der Waals surface area contributed by atoms with Crippen molar-refractivity contribution in [1.82, 2.24) is 0 Å². The van der Waals surface area contributed by atoms with Crippen molar-refractivity contribution in [2.45, 2.75) is 37.4 Å². The summed E-state index contributed by atoms with van der Waals surface area (Å²) >= 11 is 0. The van der Waals surface area contributed by atoms with Crippen LogP contribution < -0.4 is 0 Å². The number of carbonyl (C=O) groups is 1. The fourth-order valence-corrected chi connectivity index (χ4v) is 3.37. The molecule has 0 aromatic heterocycles. The third-order valence-corrected chi connectivity index (χ3v) is 4.26. The molecule has 4 heteroatoms. The first-order valence-electron chi connectivity index (χ1n) is 6.68. The van der Waals surface area contributed by atoms with Crippen molar-refractivity contribution in [3.8, 4) is 0 Å².